The van der Waals surface area contributed by atoms with Crippen LogP contribution in [0.1, 0.15) is 13.3 Å². The average molecular weight is 220 g/mol. The van der Waals surface area contributed by atoms with E-state index in [0.29, 0.717) is 17.9 Å². The standard InChI is InChI=1S/C10H12N4O2/c1-7-5-10(11)12-13(7)8-3-2-4-9(6-8)14(15)16/h2-4,6-7H,5H2,1H3,(H2,11,12). The van der Waals surface area contributed by atoms with Crippen LogP contribution in [0.4, 0.5) is 11.4 Å². The summed E-state index contributed by atoms with van der Waals surface area (Å²) in [6, 6.07) is 6.52. The second kappa shape index (κ2) is 3.80. The first-order chi connectivity index (χ1) is 7.58. The van der Waals surface area contributed by atoms with E-state index in [9.17, 15) is 10.1 Å². The number of nitro groups is 1. The third-order valence-electron chi connectivity index (χ3n) is 2.46. The molecule has 0 amide bonds. The Morgan fingerprint density at radius 1 is 1.62 bits per heavy atom. The molecule has 0 spiro atoms. The number of nitrogens with zero attached hydrogens (tertiary/aromatic N) is 3. The first kappa shape index (κ1) is 10.4. The molecule has 1 aromatic rings. The minimum atomic E-state index is -0.419. The zero-order valence-corrected chi connectivity index (χ0v) is 8.83. The van der Waals surface area contributed by atoms with E-state index in [1.807, 2.05) is 6.92 Å². The molecule has 6 heteroatoms. The summed E-state index contributed by atoms with van der Waals surface area (Å²) in [5.74, 6) is 0.555. The van der Waals surface area contributed by atoms with E-state index in [2.05, 4.69) is 5.10 Å². The largest absolute Gasteiger partial charge is 0.386 e. The van der Waals surface area contributed by atoms with Crippen LogP contribution in [-0.2, 0) is 0 Å². The lowest BCUT2D eigenvalue weighted by Crippen LogP contribution is -2.22. The van der Waals surface area contributed by atoms with Crippen molar-refractivity contribution >= 4 is 17.2 Å². The summed E-state index contributed by atoms with van der Waals surface area (Å²) in [5.41, 5.74) is 6.38. The molecule has 1 aliphatic heterocycles. The molecule has 0 bridgehead atoms. The summed E-state index contributed by atoms with van der Waals surface area (Å²) in [6.07, 6.45) is 0.683. The van der Waals surface area contributed by atoms with Gasteiger partial charge in [0.15, 0.2) is 0 Å². The Kier molecular flexibility index (Phi) is 2.47. The molecular weight excluding hydrogens is 208 g/mol. The summed E-state index contributed by atoms with van der Waals surface area (Å²) >= 11 is 0. The molecule has 0 fully saturated rings. The first-order valence-corrected chi connectivity index (χ1v) is 4.94. The first-order valence-electron chi connectivity index (χ1n) is 4.94. The van der Waals surface area contributed by atoms with Crippen molar-refractivity contribution in [2.24, 2.45) is 10.8 Å². The molecule has 1 unspecified atom stereocenters. The van der Waals surface area contributed by atoms with E-state index in [1.54, 1.807) is 17.1 Å². The van der Waals surface area contributed by atoms with Crippen molar-refractivity contribution in [3.63, 3.8) is 0 Å². The fraction of sp³-hybridized carbons (Fsp3) is 0.300. The van der Waals surface area contributed by atoms with Gasteiger partial charge in [0.2, 0.25) is 0 Å². The Morgan fingerprint density at radius 2 is 2.38 bits per heavy atom. The van der Waals surface area contributed by atoms with Crippen LogP contribution in [0.2, 0.25) is 0 Å². The lowest BCUT2D eigenvalue weighted by atomic mass is 10.2. The van der Waals surface area contributed by atoms with Crippen LogP contribution in [0.5, 0.6) is 0 Å². The smallest absolute Gasteiger partial charge is 0.271 e. The highest BCUT2D eigenvalue weighted by Crippen LogP contribution is 2.26. The molecule has 0 saturated heterocycles. The quantitative estimate of drug-likeness (QED) is 0.604. The summed E-state index contributed by atoms with van der Waals surface area (Å²) in [4.78, 5) is 10.2. The minimum Gasteiger partial charge on any atom is -0.386 e. The van der Waals surface area contributed by atoms with E-state index in [-0.39, 0.29) is 11.7 Å². The van der Waals surface area contributed by atoms with Crippen LogP contribution in [0.25, 0.3) is 0 Å². The number of rotatable bonds is 2. The Bertz CT molecular complexity index is 458. The maximum Gasteiger partial charge on any atom is 0.271 e. The van der Waals surface area contributed by atoms with E-state index >= 15 is 0 Å². The van der Waals surface area contributed by atoms with Gasteiger partial charge in [0, 0.05) is 18.6 Å². The lowest BCUT2D eigenvalue weighted by molar-refractivity contribution is -0.384. The SMILES string of the molecule is CC1CC(N)=NN1c1cccc([N+](=O)[O-])c1. The highest BCUT2D eigenvalue weighted by atomic mass is 16.6. The number of hydrogen-bond acceptors (Lipinski definition) is 5. The van der Waals surface area contributed by atoms with Crippen LogP contribution in [0.15, 0.2) is 29.4 Å². The average Bonchev–Trinajstić information content (AvgIpc) is 2.58. The molecular formula is C10H12N4O2. The van der Waals surface area contributed by atoms with E-state index < -0.39 is 4.92 Å². The van der Waals surface area contributed by atoms with Crippen LogP contribution in [0.3, 0.4) is 0 Å². The van der Waals surface area contributed by atoms with Crippen molar-refractivity contribution in [2.75, 3.05) is 5.01 Å². The van der Waals surface area contributed by atoms with Gasteiger partial charge >= 0.3 is 0 Å². The molecule has 1 aliphatic rings. The van der Waals surface area contributed by atoms with Crippen molar-refractivity contribution in [3.8, 4) is 0 Å². The van der Waals surface area contributed by atoms with Gasteiger partial charge in [-0.2, -0.15) is 5.10 Å². The van der Waals surface area contributed by atoms with Crippen molar-refractivity contribution in [1.29, 1.82) is 0 Å². The van der Waals surface area contributed by atoms with Gasteiger partial charge in [-0.15, -0.1) is 0 Å². The fourth-order valence-electron chi connectivity index (χ4n) is 1.73. The summed E-state index contributed by atoms with van der Waals surface area (Å²) < 4.78 is 0. The normalized spacial score (nSPS) is 19.7. The van der Waals surface area contributed by atoms with Gasteiger partial charge in [-0.05, 0) is 13.0 Å². The number of non-ortho nitro benzene ring substituents is 1. The monoisotopic (exact) mass is 220 g/mol. The van der Waals surface area contributed by atoms with Gasteiger partial charge in [-0.25, -0.2) is 0 Å². The fourth-order valence-corrected chi connectivity index (χ4v) is 1.73. The van der Waals surface area contributed by atoms with Gasteiger partial charge in [0.05, 0.1) is 16.7 Å². The highest BCUT2D eigenvalue weighted by molar-refractivity contribution is 5.85. The van der Waals surface area contributed by atoms with Crippen molar-refractivity contribution in [2.45, 2.75) is 19.4 Å². The second-order valence-electron chi connectivity index (χ2n) is 3.77. The maximum absolute atomic E-state index is 10.6. The number of hydrogen-bond donors (Lipinski definition) is 1. The zero-order chi connectivity index (χ0) is 11.7. The van der Waals surface area contributed by atoms with Crippen LogP contribution in [0, 0.1) is 10.1 Å². The molecule has 0 saturated carbocycles. The molecule has 0 aliphatic carbocycles. The number of nitrogens with two attached hydrogens (primary N) is 1. The molecule has 6 nitrogen and oxygen atoms in total. The maximum atomic E-state index is 10.6. The highest BCUT2D eigenvalue weighted by Gasteiger charge is 2.23. The summed E-state index contributed by atoms with van der Waals surface area (Å²) in [7, 11) is 0. The predicted octanol–water partition coefficient (Wildman–Crippen LogP) is 1.47. The number of nitro benzene ring substituents is 1. The van der Waals surface area contributed by atoms with Gasteiger partial charge in [0.25, 0.3) is 5.69 Å². The predicted molar refractivity (Wildman–Crippen MR) is 61.3 cm³/mol. The Labute approximate surface area is 92.5 Å². The number of anilines is 1. The van der Waals surface area contributed by atoms with E-state index in [0.717, 1.165) is 0 Å². The number of benzene rings is 1. The van der Waals surface area contributed by atoms with Gasteiger partial charge in [-0.1, -0.05) is 6.07 Å². The van der Waals surface area contributed by atoms with Crippen LogP contribution in [-0.4, -0.2) is 16.8 Å². The van der Waals surface area contributed by atoms with E-state index in [4.69, 9.17) is 5.73 Å². The molecule has 0 aromatic heterocycles. The Balaban J connectivity index is 2.34. The van der Waals surface area contributed by atoms with E-state index in [1.165, 1.54) is 12.1 Å². The molecule has 1 aromatic carbocycles. The van der Waals surface area contributed by atoms with Crippen molar-refractivity contribution < 1.29 is 4.92 Å². The number of amidine groups is 1. The Morgan fingerprint density at radius 3 is 2.94 bits per heavy atom. The molecule has 2 rings (SSSR count). The van der Waals surface area contributed by atoms with Crippen LogP contribution < -0.4 is 10.7 Å². The van der Waals surface area contributed by atoms with Gasteiger partial charge < -0.3 is 5.73 Å². The zero-order valence-electron chi connectivity index (χ0n) is 8.83. The lowest BCUT2D eigenvalue weighted by Gasteiger charge is -2.19. The number of hydrazone groups is 1. The molecule has 84 valence electrons. The molecule has 0 radical (unpaired) electrons. The summed E-state index contributed by atoms with van der Waals surface area (Å²) in [6.45, 7) is 1.97. The third kappa shape index (κ3) is 1.81. The second-order valence-corrected chi connectivity index (χ2v) is 3.77. The van der Waals surface area contributed by atoms with Crippen molar-refractivity contribution in [3.05, 3.63) is 34.4 Å². The van der Waals surface area contributed by atoms with Crippen molar-refractivity contribution in [1.82, 2.24) is 0 Å². The molecule has 1 atom stereocenters. The molecule has 2 N–H and O–H groups in total. The topological polar surface area (TPSA) is 84.8 Å². The third-order valence-corrected chi connectivity index (χ3v) is 2.46. The molecule has 16 heavy (non-hydrogen) atoms. The van der Waals surface area contributed by atoms with Gasteiger partial charge in [-0.3, -0.25) is 15.1 Å². The van der Waals surface area contributed by atoms with Crippen LogP contribution >= 0.6 is 0 Å². The minimum absolute atomic E-state index is 0.0605. The molecule has 1 heterocycles. The van der Waals surface area contributed by atoms with Gasteiger partial charge in [0.1, 0.15) is 5.84 Å². The summed E-state index contributed by atoms with van der Waals surface area (Å²) in [5, 5.41) is 16.5. The Hall–Kier alpha value is -2.11.